The molecule has 38 heavy (non-hydrogen) atoms. The van der Waals surface area contributed by atoms with E-state index in [0.717, 1.165) is 15.4 Å². The summed E-state index contributed by atoms with van der Waals surface area (Å²) in [5, 5.41) is 12.4. The minimum Gasteiger partial charge on any atom is -0.489 e. The van der Waals surface area contributed by atoms with Crippen LogP contribution in [0.3, 0.4) is 0 Å². The largest absolute Gasteiger partial charge is 0.489 e. The van der Waals surface area contributed by atoms with E-state index in [1.807, 2.05) is 31.2 Å². The molecule has 1 aromatic heterocycles. The fourth-order valence-corrected chi connectivity index (χ4v) is 6.14. The fourth-order valence-electron chi connectivity index (χ4n) is 4.58. The Morgan fingerprint density at radius 3 is 2.42 bits per heavy atom. The standard InChI is InChI=1S/C27H26N4O6S/c1-18-7-5-6-8-19(18)17-37-21-11-13-22(14-12-21)38(35,36)30-16-15-23-24(25(30)26(32)29-34)27(33)31(28-23)20-9-3-2-4-10-20/h2-14,25,28,34H,15-17H2,1H3,(H,29,32). The number of hydroxylamine groups is 1. The van der Waals surface area contributed by atoms with Gasteiger partial charge in [-0.3, -0.25) is 19.9 Å². The van der Waals surface area contributed by atoms with Crippen LogP contribution in [0, 0.1) is 6.92 Å². The van der Waals surface area contributed by atoms with Gasteiger partial charge in [0.2, 0.25) is 10.0 Å². The van der Waals surface area contributed by atoms with Gasteiger partial charge in [-0.1, -0.05) is 42.5 Å². The van der Waals surface area contributed by atoms with Crippen molar-refractivity contribution in [1.82, 2.24) is 19.6 Å². The Balaban J connectivity index is 1.44. The number of amides is 1. The van der Waals surface area contributed by atoms with Crippen LogP contribution in [0.5, 0.6) is 5.75 Å². The summed E-state index contributed by atoms with van der Waals surface area (Å²) in [5.74, 6) is -0.543. The molecule has 10 nitrogen and oxygen atoms in total. The average molecular weight is 535 g/mol. The van der Waals surface area contributed by atoms with Gasteiger partial charge in [-0.15, -0.1) is 0 Å². The number of fused-ring (bicyclic) bond motifs is 1. The van der Waals surface area contributed by atoms with Crippen molar-refractivity contribution in [2.75, 3.05) is 6.54 Å². The molecule has 11 heteroatoms. The minimum absolute atomic E-state index is 0.0339. The summed E-state index contributed by atoms with van der Waals surface area (Å²) in [6.07, 6.45) is 0.177. The molecule has 3 N–H and O–H groups in total. The third-order valence-corrected chi connectivity index (χ3v) is 8.49. The Bertz CT molecular complexity index is 1630. The van der Waals surface area contributed by atoms with Gasteiger partial charge in [-0.05, 0) is 54.4 Å². The molecule has 0 aliphatic carbocycles. The first-order valence-corrected chi connectivity index (χ1v) is 13.4. The summed E-state index contributed by atoms with van der Waals surface area (Å²) in [6, 6.07) is 20.8. The molecule has 1 atom stereocenters. The minimum atomic E-state index is -4.23. The summed E-state index contributed by atoms with van der Waals surface area (Å²) < 4.78 is 35.3. The number of aryl methyl sites for hydroxylation is 1. The number of aromatic amines is 1. The third-order valence-electron chi connectivity index (χ3n) is 6.61. The molecule has 196 valence electrons. The first-order chi connectivity index (χ1) is 18.3. The molecule has 3 aromatic carbocycles. The number of hydrogen-bond acceptors (Lipinski definition) is 6. The van der Waals surface area contributed by atoms with Crippen LogP contribution in [0.25, 0.3) is 5.69 Å². The predicted octanol–water partition coefficient (Wildman–Crippen LogP) is 2.85. The summed E-state index contributed by atoms with van der Waals surface area (Å²) in [6.45, 7) is 2.23. The monoisotopic (exact) mass is 534 g/mol. The highest BCUT2D eigenvalue weighted by Crippen LogP contribution is 2.33. The zero-order valence-corrected chi connectivity index (χ0v) is 21.3. The number of sulfonamides is 1. The van der Waals surface area contributed by atoms with E-state index >= 15 is 0 Å². The Labute approximate surface area is 219 Å². The number of carbonyl (C=O) groups is 1. The maximum absolute atomic E-state index is 13.7. The van der Waals surface area contributed by atoms with Crippen molar-refractivity contribution in [2.24, 2.45) is 0 Å². The smallest absolute Gasteiger partial charge is 0.276 e. The second kappa shape index (κ2) is 10.3. The van der Waals surface area contributed by atoms with E-state index in [1.165, 1.54) is 22.3 Å². The van der Waals surface area contributed by atoms with Crippen molar-refractivity contribution in [2.45, 2.75) is 30.9 Å². The Morgan fingerprint density at radius 2 is 1.74 bits per heavy atom. The van der Waals surface area contributed by atoms with E-state index in [-0.39, 0.29) is 23.4 Å². The van der Waals surface area contributed by atoms with Crippen molar-refractivity contribution in [3.63, 3.8) is 0 Å². The van der Waals surface area contributed by atoms with E-state index in [1.54, 1.807) is 42.5 Å². The number of H-pyrrole nitrogens is 1. The van der Waals surface area contributed by atoms with Crippen LogP contribution in [0.4, 0.5) is 0 Å². The number of benzene rings is 3. The summed E-state index contributed by atoms with van der Waals surface area (Å²) in [4.78, 5) is 26.0. The molecule has 0 bridgehead atoms. The molecule has 1 unspecified atom stereocenters. The summed E-state index contributed by atoms with van der Waals surface area (Å²) >= 11 is 0. The molecule has 0 saturated carbocycles. The van der Waals surface area contributed by atoms with Crippen molar-refractivity contribution in [3.8, 4) is 11.4 Å². The van der Waals surface area contributed by atoms with Crippen molar-refractivity contribution in [3.05, 3.63) is 112 Å². The highest BCUT2D eigenvalue weighted by Gasteiger charge is 2.43. The molecule has 0 spiro atoms. The van der Waals surface area contributed by atoms with Gasteiger partial charge in [-0.25, -0.2) is 18.6 Å². The van der Waals surface area contributed by atoms with Crippen molar-refractivity contribution in [1.29, 1.82) is 0 Å². The fraction of sp³-hybridized carbons (Fsp3) is 0.185. The van der Waals surface area contributed by atoms with E-state index in [2.05, 4.69) is 5.10 Å². The van der Waals surface area contributed by atoms with E-state index in [4.69, 9.17) is 4.74 Å². The molecule has 2 heterocycles. The van der Waals surface area contributed by atoms with Crippen LogP contribution < -0.4 is 15.8 Å². The van der Waals surface area contributed by atoms with E-state index in [0.29, 0.717) is 23.7 Å². The number of aromatic nitrogens is 2. The molecular formula is C27H26N4O6S. The number of nitrogens with one attached hydrogen (secondary N) is 2. The maximum atomic E-state index is 13.7. The molecule has 1 amide bonds. The first-order valence-electron chi connectivity index (χ1n) is 11.9. The molecule has 0 fully saturated rings. The number of rotatable bonds is 7. The Kier molecular flexibility index (Phi) is 6.89. The average Bonchev–Trinajstić information content (AvgIpc) is 3.28. The lowest BCUT2D eigenvalue weighted by Gasteiger charge is -2.32. The van der Waals surface area contributed by atoms with Gasteiger partial charge in [0.1, 0.15) is 18.4 Å². The highest BCUT2D eigenvalue weighted by molar-refractivity contribution is 7.89. The number of nitrogens with zero attached hydrogens (tertiary/aromatic N) is 2. The second-order valence-corrected chi connectivity index (χ2v) is 10.8. The Hall–Kier alpha value is -4.19. The van der Waals surface area contributed by atoms with Crippen LogP contribution in [-0.4, -0.2) is 40.2 Å². The van der Waals surface area contributed by atoms with Gasteiger partial charge in [0, 0.05) is 18.7 Å². The quantitative estimate of drug-likeness (QED) is 0.247. The van der Waals surface area contributed by atoms with Gasteiger partial charge in [-0.2, -0.15) is 4.31 Å². The lowest BCUT2D eigenvalue weighted by molar-refractivity contribution is -0.133. The van der Waals surface area contributed by atoms with Crippen molar-refractivity contribution < 1.29 is 23.2 Å². The van der Waals surface area contributed by atoms with E-state index in [9.17, 15) is 23.2 Å². The predicted molar refractivity (Wildman–Crippen MR) is 139 cm³/mol. The zero-order chi connectivity index (χ0) is 26.9. The van der Waals surface area contributed by atoms with Gasteiger partial charge in [0.25, 0.3) is 11.5 Å². The topological polar surface area (TPSA) is 134 Å². The molecule has 1 aliphatic heterocycles. The molecule has 5 rings (SSSR count). The second-order valence-electron chi connectivity index (χ2n) is 8.91. The van der Waals surface area contributed by atoms with Crippen LogP contribution in [-0.2, 0) is 27.8 Å². The van der Waals surface area contributed by atoms with Crippen molar-refractivity contribution >= 4 is 15.9 Å². The van der Waals surface area contributed by atoms with Crippen LogP contribution in [0.1, 0.15) is 28.4 Å². The third kappa shape index (κ3) is 4.62. The molecule has 0 radical (unpaired) electrons. The number of hydrogen-bond donors (Lipinski definition) is 3. The maximum Gasteiger partial charge on any atom is 0.276 e. The molecule has 0 saturated heterocycles. The molecule has 4 aromatic rings. The summed E-state index contributed by atoms with van der Waals surface area (Å²) in [7, 11) is -4.23. The van der Waals surface area contributed by atoms with Crippen LogP contribution >= 0.6 is 0 Å². The van der Waals surface area contributed by atoms with Gasteiger partial charge >= 0.3 is 0 Å². The van der Waals surface area contributed by atoms with E-state index < -0.39 is 27.5 Å². The lowest BCUT2D eigenvalue weighted by Crippen LogP contribution is -2.48. The molecule has 1 aliphatic rings. The van der Waals surface area contributed by atoms with Gasteiger partial charge < -0.3 is 4.74 Å². The normalized spacial score (nSPS) is 15.6. The molecular weight excluding hydrogens is 508 g/mol. The zero-order valence-electron chi connectivity index (χ0n) is 20.5. The van der Waals surface area contributed by atoms with Gasteiger partial charge in [0.15, 0.2) is 0 Å². The number of carbonyl (C=O) groups excluding carboxylic acids is 1. The first kappa shape index (κ1) is 25.5. The Morgan fingerprint density at radius 1 is 1.05 bits per heavy atom. The van der Waals surface area contributed by atoms with Crippen LogP contribution in [0.2, 0.25) is 0 Å². The van der Waals surface area contributed by atoms with Gasteiger partial charge in [0.05, 0.1) is 16.1 Å². The SMILES string of the molecule is Cc1ccccc1COc1ccc(S(=O)(=O)N2CCc3[nH]n(-c4ccccc4)c(=O)c3C2C(=O)NO)cc1. The lowest BCUT2D eigenvalue weighted by atomic mass is 10.0. The van der Waals surface area contributed by atoms with Crippen LogP contribution in [0.15, 0.2) is 88.6 Å². The number of ether oxygens (including phenoxy) is 1. The number of para-hydroxylation sites is 1. The highest BCUT2D eigenvalue weighted by atomic mass is 32.2. The summed E-state index contributed by atoms with van der Waals surface area (Å²) in [5.41, 5.74) is 3.98.